The average molecular weight is 321 g/mol. The molecule has 0 atom stereocenters. The van der Waals surface area contributed by atoms with Crippen LogP contribution in [-0.2, 0) is 9.84 Å². The number of hydrogen-bond donors (Lipinski definition) is 0. The summed E-state index contributed by atoms with van der Waals surface area (Å²) in [6.07, 6.45) is 0. The SMILES string of the molecule is O=c1oc2ccccc2c(Cl)c1S(=O)(=O)c1ccccc1. The van der Waals surface area contributed by atoms with E-state index in [2.05, 4.69) is 0 Å². The Bertz CT molecular complexity index is 975. The zero-order valence-corrected chi connectivity index (χ0v) is 12.2. The van der Waals surface area contributed by atoms with Crippen LogP contribution < -0.4 is 5.63 Å². The van der Waals surface area contributed by atoms with Crippen LogP contribution in [0.5, 0.6) is 0 Å². The van der Waals surface area contributed by atoms with Crippen LogP contribution in [0.1, 0.15) is 0 Å². The molecule has 0 N–H and O–H groups in total. The van der Waals surface area contributed by atoms with Gasteiger partial charge in [0.15, 0.2) is 4.90 Å². The molecule has 0 bridgehead atoms. The molecule has 0 amide bonds. The second-order valence-corrected chi connectivity index (χ2v) is 6.61. The van der Waals surface area contributed by atoms with Gasteiger partial charge in [-0.2, -0.15) is 0 Å². The first kappa shape index (κ1) is 13.9. The van der Waals surface area contributed by atoms with E-state index < -0.39 is 20.4 Å². The number of para-hydroxylation sites is 1. The molecule has 0 spiro atoms. The van der Waals surface area contributed by atoms with E-state index in [9.17, 15) is 13.2 Å². The molecule has 4 nitrogen and oxygen atoms in total. The van der Waals surface area contributed by atoms with Crippen LogP contribution in [0.3, 0.4) is 0 Å². The first-order chi connectivity index (χ1) is 10.0. The third-order valence-electron chi connectivity index (χ3n) is 3.03. The standard InChI is InChI=1S/C15H9ClO4S/c16-13-11-8-4-5-9-12(11)20-15(17)14(13)21(18,19)10-6-2-1-3-7-10/h1-9H. The number of fused-ring (bicyclic) bond motifs is 1. The second-order valence-electron chi connectivity index (χ2n) is 4.35. The van der Waals surface area contributed by atoms with Gasteiger partial charge < -0.3 is 4.42 Å². The molecule has 0 fully saturated rings. The molecule has 0 saturated carbocycles. The number of hydrogen-bond acceptors (Lipinski definition) is 4. The second kappa shape index (κ2) is 5.02. The topological polar surface area (TPSA) is 64.3 Å². The minimum absolute atomic E-state index is 0.00511. The van der Waals surface area contributed by atoms with E-state index in [0.29, 0.717) is 5.39 Å². The molecule has 3 rings (SSSR count). The van der Waals surface area contributed by atoms with Gasteiger partial charge in [-0.25, -0.2) is 13.2 Å². The Labute approximate surface area is 125 Å². The number of benzene rings is 2. The van der Waals surface area contributed by atoms with Crippen molar-refractivity contribution in [1.29, 1.82) is 0 Å². The molecule has 0 radical (unpaired) electrons. The summed E-state index contributed by atoms with van der Waals surface area (Å²) in [6.45, 7) is 0. The zero-order valence-electron chi connectivity index (χ0n) is 10.6. The van der Waals surface area contributed by atoms with E-state index in [1.165, 1.54) is 12.1 Å². The summed E-state index contributed by atoms with van der Waals surface area (Å²) in [7, 11) is -4.03. The lowest BCUT2D eigenvalue weighted by Crippen LogP contribution is -2.15. The summed E-state index contributed by atoms with van der Waals surface area (Å²) in [5, 5.41) is 0.263. The quantitative estimate of drug-likeness (QED) is 0.680. The lowest BCUT2D eigenvalue weighted by Gasteiger charge is -2.07. The predicted molar refractivity (Wildman–Crippen MR) is 79.4 cm³/mol. The smallest absolute Gasteiger partial charge is 0.357 e. The van der Waals surface area contributed by atoms with E-state index in [0.717, 1.165) is 0 Å². The predicted octanol–water partition coefficient (Wildman–Crippen LogP) is 3.28. The lowest BCUT2D eigenvalue weighted by molar-refractivity contribution is 0.533. The Morgan fingerprint density at radius 3 is 2.24 bits per heavy atom. The fourth-order valence-electron chi connectivity index (χ4n) is 2.04. The highest BCUT2D eigenvalue weighted by atomic mass is 35.5. The van der Waals surface area contributed by atoms with Gasteiger partial charge in [0, 0.05) is 5.39 Å². The van der Waals surface area contributed by atoms with Crippen molar-refractivity contribution in [3.05, 3.63) is 70.0 Å². The van der Waals surface area contributed by atoms with Gasteiger partial charge in [-0.05, 0) is 24.3 Å². The molecule has 6 heteroatoms. The van der Waals surface area contributed by atoms with Crippen molar-refractivity contribution in [2.45, 2.75) is 9.79 Å². The molecule has 106 valence electrons. The van der Waals surface area contributed by atoms with Crippen LogP contribution >= 0.6 is 11.6 Å². The van der Waals surface area contributed by atoms with Gasteiger partial charge >= 0.3 is 5.63 Å². The van der Waals surface area contributed by atoms with E-state index in [4.69, 9.17) is 16.0 Å². The molecule has 0 aliphatic rings. The van der Waals surface area contributed by atoms with Crippen molar-refractivity contribution >= 4 is 32.4 Å². The first-order valence-corrected chi connectivity index (χ1v) is 7.89. The molecular weight excluding hydrogens is 312 g/mol. The number of rotatable bonds is 2. The molecule has 1 heterocycles. The summed E-state index contributed by atoms with van der Waals surface area (Å²) >= 11 is 6.14. The summed E-state index contributed by atoms with van der Waals surface area (Å²) in [5.41, 5.74) is -0.720. The summed E-state index contributed by atoms with van der Waals surface area (Å²) in [6, 6.07) is 14.2. The minimum atomic E-state index is -4.03. The highest BCUT2D eigenvalue weighted by Gasteiger charge is 2.27. The molecule has 0 aliphatic carbocycles. The van der Waals surface area contributed by atoms with Crippen molar-refractivity contribution < 1.29 is 12.8 Å². The van der Waals surface area contributed by atoms with Crippen LogP contribution in [0.25, 0.3) is 11.0 Å². The molecule has 0 saturated heterocycles. The molecule has 1 aromatic heterocycles. The van der Waals surface area contributed by atoms with Gasteiger partial charge in [0.2, 0.25) is 9.84 Å². The Balaban J connectivity index is 2.39. The maximum absolute atomic E-state index is 12.6. The highest BCUT2D eigenvalue weighted by molar-refractivity contribution is 7.91. The van der Waals surface area contributed by atoms with Crippen LogP contribution in [0.2, 0.25) is 5.02 Å². The lowest BCUT2D eigenvalue weighted by atomic mass is 10.2. The highest BCUT2D eigenvalue weighted by Crippen LogP contribution is 2.30. The largest absolute Gasteiger partial charge is 0.422 e. The fourth-order valence-corrected chi connectivity index (χ4v) is 3.94. The van der Waals surface area contributed by atoms with E-state index in [1.807, 2.05) is 0 Å². The fraction of sp³-hybridized carbons (Fsp3) is 0. The molecule has 21 heavy (non-hydrogen) atoms. The van der Waals surface area contributed by atoms with Gasteiger partial charge in [-0.1, -0.05) is 41.9 Å². The minimum Gasteiger partial charge on any atom is -0.422 e. The summed E-state index contributed by atoms with van der Waals surface area (Å²) < 4.78 is 30.2. The van der Waals surface area contributed by atoms with Gasteiger partial charge in [0.05, 0.1) is 9.92 Å². The third kappa shape index (κ3) is 2.24. The molecule has 2 aromatic carbocycles. The number of halogens is 1. The zero-order chi connectivity index (χ0) is 15.0. The van der Waals surface area contributed by atoms with Crippen LogP contribution in [0.4, 0.5) is 0 Å². The Kier molecular flexibility index (Phi) is 3.31. The molecular formula is C15H9ClO4S. The molecule has 3 aromatic rings. The van der Waals surface area contributed by atoms with Crippen molar-refractivity contribution in [1.82, 2.24) is 0 Å². The van der Waals surface area contributed by atoms with Crippen molar-refractivity contribution in [3.8, 4) is 0 Å². The molecule has 0 aliphatic heterocycles. The maximum atomic E-state index is 12.6. The monoisotopic (exact) mass is 320 g/mol. The van der Waals surface area contributed by atoms with Crippen LogP contribution in [0.15, 0.2) is 73.6 Å². The normalized spacial score (nSPS) is 11.7. The molecule has 0 unspecified atom stereocenters. The van der Waals surface area contributed by atoms with Gasteiger partial charge in [-0.3, -0.25) is 0 Å². The first-order valence-electron chi connectivity index (χ1n) is 6.03. The Morgan fingerprint density at radius 1 is 0.905 bits per heavy atom. The van der Waals surface area contributed by atoms with Crippen LogP contribution in [-0.4, -0.2) is 8.42 Å². The summed E-state index contributed by atoms with van der Waals surface area (Å²) in [4.78, 5) is 11.5. The maximum Gasteiger partial charge on any atom is 0.357 e. The summed E-state index contributed by atoms with van der Waals surface area (Å²) in [5.74, 6) is 0. The van der Waals surface area contributed by atoms with Gasteiger partial charge in [0.25, 0.3) is 0 Å². The third-order valence-corrected chi connectivity index (χ3v) is 5.34. The van der Waals surface area contributed by atoms with Crippen molar-refractivity contribution in [3.63, 3.8) is 0 Å². The Hall–Kier alpha value is -2.11. The van der Waals surface area contributed by atoms with Gasteiger partial charge in [-0.15, -0.1) is 0 Å². The Morgan fingerprint density at radius 2 is 1.52 bits per heavy atom. The van der Waals surface area contributed by atoms with Crippen molar-refractivity contribution in [2.24, 2.45) is 0 Å². The van der Waals surface area contributed by atoms with E-state index in [-0.39, 0.29) is 15.5 Å². The number of sulfone groups is 1. The van der Waals surface area contributed by atoms with Crippen LogP contribution in [0, 0.1) is 0 Å². The van der Waals surface area contributed by atoms with E-state index >= 15 is 0 Å². The van der Waals surface area contributed by atoms with E-state index in [1.54, 1.807) is 42.5 Å². The average Bonchev–Trinajstić information content (AvgIpc) is 2.48. The van der Waals surface area contributed by atoms with Gasteiger partial charge in [0.1, 0.15) is 5.58 Å². The van der Waals surface area contributed by atoms with Crippen molar-refractivity contribution in [2.75, 3.05) is 0 Å².